The number of hydrogen-bond acceptors (Lipinski definition) is 3. The number of hydrogen-bond donors (Lipinski definition) is 2. The highest BCUT2D eigenvalue weighted by molar-refractivity contribution is 5.85. The summed E-state index contributed by atoms with van der Waals surface area (Å²) >= 11 is 0. The fourth-order valence-electron chi connectivity index (χ4n) is 0.915. The molecular formula is C8H10FN3O2. The summed E-state index contributed by atoms with van der Waals surface area (Å²) in [4.78, 5) is 10.4. The zero-order chi connectivity index (χ0) is 10.6. The van der Waals surface area contributed by atoms with Gasteiger partial charge in [0.05, 0.1) is 12.9 Å². The van der Waals surface area contributed by atoms with E-state index in [9.17, 15) is 9.18 Å². The van der Waals surface area contributed by atoms with Gasteiger partial charge < -0.3 is 10.8 Å². The Morgan fingerprint density at radius 3 is 2.93 bits per heavy atom. The van der Waals surface area contributed by atoms with Crippen LogP contribution in [0.3, 0.4) is 0 Å². The van der Waals surface area contributed by atoms with Crippen LogP contribution in [0.5, 0.6) is 0 Å². The summed E-state index contributed by atoms with van der Waals surface area (Å²) in [7, 11) is 0. The van der Waals surface area contributed by atoms with Gasteiger partial charge in [-0.25, -0.2) is 9.18 Å². The SMILES string of the molecule is NC/C(=C\F)Cn1ccc(C(=O)O)n1. The van der Waals surface area contributed by atoms with E-state index in [-0.39, 0.29) is 18.8 Å². The molecule has 0 unspecified atom stereocenters. The van der Waals surface area contributed by atoms with Crippen molar-refractivity contribution in [2.45, 2.75) is 6.54 Å². The Morgan fingerprint density at radius 1 is 1.79 bits per heavy atom. The second kappa shape index (κ2) is 4.52. The summed E-state index contributed by atoms with van der Waals surface area (Å²) < 4.78 is 13.4. The molecule has 0 aliphatic heterocycles. The fourth-order valence-corrected chi connectivity index (χ4v) is 0.915. The fraction of sp³-hybridized carbons (Fsp3) is 0.250. The first-order valence-corrected chi connectivity index (χ1v) is 3.92. The lowest BCUT2D eigenvalue weighted by Gasteiger charge is -2.01. The molecule has 0 radical (unpaired) electrons. The number of carbonyl (C=O) groups is 1. The van der Waals surface area contributed by atoms with Crippen molar-refractivity contribution in [3.63, 3.8) is 0 Å². The lowest BCUT2D eigenvalue weighted by atomic mass is 10.3. The topological polar surface area (TPSA) is 81.1 Å². The number of nitrogens with zero attached hydrogens (tertiary/aromatic N) is 2. The minimum Gasteiger partial charge on any atom is -0.476 e. The number of carboxylic acids is 1. The van der Waals surface area contributed by atoms with Crippen molar-refractivity contribution in [1.82, 2.24) is 9.78 Å². The molecule has 0 fully saturated rings. The quantitative estimate of drug-likeness (QED) is 0.735. The van der Waals surface area contributed by atoms with Crippen molar-refractivity contribution < 1.29 is 14.3 Å². The Bertz CT molecular complexity index is 359. The number of halogens is 1. The van der Waals surface area contributed by atoms with Gasteiger partial charge in [-0.2, -0.15) is 5.10 Å². The summed E-state index contributed by atoms with van der Waals surface area (Å²) in [5.41, 5.74) is 5.51. The molecule has 14 heavy (non-hydrogen) atoms. The van der Waals surface area contributed by atoms with Gasteiger partial charge in [0.25, 0.3) is 0 Å². The molecule has 0 atom stereocenters. The van der Waals surface area contributed by atoms with Crippen LogP contribution < -0.4 is 5.73 Å². The Kier molecular flexibility index (Phi) is 3.35. The highest BCUT2D eigenvalue weighted by Gasteiger charge is 2.06. The van der Waals surface area contributed by atoms with Crippen molar-refractivity contribution in [3.8, 4) is 0 Å². The van der Waals surface area contributed by atoms with Crippen LogP contribution in [-0.2, 0) is 6.54 Å². The van der Waals surface area contributed by atoms with Crippen molar-refractivity contribution in [1.29, 1.82) is 0 Å². The standard InChI is InChI=1S/C8H10FN3O2/c9-3-6(4-10)5-12-2-1-7(11-12)8(13)14/h1-3H,4-5,10H2,(H,13,14)/b6-3+. The number of carboxylic acid groups (broad SMARTS) is 1. The van der Waals surface area contributed by atoms with Gasteiger partial charge in [0.1, 0.15) is 0 Å². The molecular weight excluding hydrogens is 189 g/mol. The predicted molar refractivity (Wildman–Crippen MR) is 47.4 cm³/mol. The van der Waals surface area contributed by atoms with Crippen LogP contribution in [0.1, 0.15) is 10.5 Å². The van der Waals surface area contributed by atoms with Crippen LogP contribution >= 0.6 is 0 Å². The largest absolute Gasteiger partial charge is 0.476 e. The summed E-state index contributed by atoms with van der Waals surface area (Å²) in [6, 6.07) is 1.34. The van der Waals surface area contributed by atoms with E-state index >= 15 is 0 Å². The Balaban J connectivity index is 2.73. The lowest BCUT2D eigenvalue weighted by molar-refractivity contribution is 0.0689. The molecule has 0 spiro atoms. The molecule has 6 heteroatoms. The maximum absolute atomic E-state index is 12.1. The smallest absolute Gasteiger partial charge is 0.356 e. The molecule has 0 saturated carbocycles. The van der Waals surface area contributed by atoms with Crippen molar-refractivity contribution >= 4 is 5.97 Å². The monoisotopic (exact) mass is 199 g/mol. The normalized spacial score (nSPS) is 11.7. The molecule has 0 aliphatic rings. The maximum Gasteiger partial charge on any atom is 0.356 e. The third-order valence-corrected chi connectivity index (χ3v) is 1.64. The summed E-state index contributed by atoms with van der Waals surface area (Å²) in [6.07, 6.45) is 1.87. The van der Waals surface area contributed by atoms with Gasteiger partial charge >= 0.3 is 5.97 Å². The second-order valence-electron chi connectivity index (χ2n) is 2.68. The van der Waals surface area contributed by atoms with Crippen molar-refractivity contribution in [3.05, 3.63) is 29.9 Å². The minimum absolute atomic E-state index is 0.0692. The third kappa shape index (κ3) is 2.40. The van der Waals surface area contributed by atoms with Crippen LogP contribution in [0.4, 0.5) is 4.39 Å². The lowest BCUT2D eigenvalue weighted by Crippen LogP contribution is -2.11. The molecule has 1 heterocycles. The maximum atomic E-state index is 12.1. The molecule has 0 aromatic carbocycles. The molecule has 3 N–H and O–H groups in total. The van der Waals surface area contributed by atoms with Gasteiger partial charge in [0.15, 0.2) is 5.69 Å². The molecule has 76 valence electrons. The Hall–Kier alpha value is -1.69. The van der Waals surface area contributed by atoms with Crippen molar-refractivity contribution in [2.24, 2.45) is 5.73 Å². The van der Waals surface area contributed by atoms with Crippen LogP contribution in [-0.4, -0.2) is 27.4 Å². The average Bonchev–Trinajstić information content (AvgIpc) is 2.62. The highest BCUT2D eigenvalue weighted by atomic mass is 19.1. The summed E-state index contributed by atoms with van der Waals surface area (Å²) in [5, 5.41) is 12.3. The van der Waals surface area contributed by atoms with Crippen LogP contribution in [0, 0.1) is 0 Å². The number of aromatic nitrogens is 2. The zero-order valence-electron chi connectivity index (χ0n) is 7.35. The Morgan fingerprint density at radius 2 is 2.50 bits per heavy atom. The van der Waals surface area contributed by atoms with Crippen LogP contribution in [0.15, 0.2) is 24.2 Å². The molecule has 5 nitrogen and oxygen atoms in total. The first-order valence-electron chi connectivity index (χ1n) is 3.92. The molecule has 1 aromatic heterocycles. The first kappa shape index (κ1) is 10.4. The van der Waals surface area contributed by atoms with E-state index in [1.54, 1.807) is 0 Å². The first-order chi connectivity index (χ1) is 6.67. The molecule has 1 rings (SSSR count). The van der Waals surface area contributed by atoms with Crippen LogP contribution in [0.25, 0.3) is 0 Å². The summed E-state index contributed by atoms with van der Waals surface area (Å²) in [6.45, 7) is 0.249. The van der Waals surface area contributed by atoms with E-state index in [1.807, 2.05) is 0 Å². The van der Waals surface area contributed by atoms with E-state index in [1.165, 1.54) is 16.9 Å². The summed E-state index contributed by atoms with van der Waals surface area (Å²) in [5.74, 6) is -1.11. The molecule has 0 bridgehead atoms. The predicted octanol–water partition coefficient (Wildman–Crippen LogP) is 0.393. The van der Waals surface area contributed by atoms with Crippen molar-refractivity contribution in [2.75, 3.05) is 6.54 Å². The number of rotatable bonds is 4. The minimum atomic E-state index is -1.11. The molecule has 0 aliphatic carbocycles. The van der Waals surface area contributed by atoms with E-state index < -0.39 is 5.97 Å². The van der Waals surface area contributed by atoms with E-state index in [0.717, 1.165) is 0 Å². The van der Waals surface area contributed by atoms with Gasteiger partial charge in [-0.3, -0.25) is 4.68 Å². The average molecular weight is 199 g/mol. The number of aromatic carboxylic acids is 1. The van der Waals surface area contributed by atoms with Crippen LogP contribution in [0.2, 0.25) is 0 Å². The van der Waals surface area contributed by atoms with Gasteiger partial charge in [0.2, 0.25) is 0 Å². The molecule has 0 saturated heterocycles. The van der Waals surface area contributed by atoms with E-state index in [2.05, 4.69) is 5.10 Å². The third-order valence-electron chi connectivity index (χ3n) is 1.64. The van der Waals surface area contributed by atoms with E-state index in [0.29, 0.717) is 11.9 Å². The van der Waals surface area contributed by atoms with E-state index in [4.69, 9.17) is 10.8 Å². The van der Waals surface area contributed by atoms with Gasteiger partial charge in [-0.15, -0.1) is 0 Å². The highest BCUT2D eigenvalue weighted by Crippen LogP contribution is 2.00. The van der Waals surface area contributed by atoms with Gasteiger partial charge in [-0.05, 0) is 11.6 Å². The second-order valence-corrected chi connectivity index (χ2v) is 2.68. The number of nitrogens with two attached hydrogens (primary N) is 1. The zero-order valence-corrected chi connectivity index (χ0v) is 7.35. The molecule has 1 aromatic rings. The van der Waals surface area contributed by atoms with Gasteiger partial charge in [0, 0.05) is 12.7 Å². The van der Waals surface area contributed by atoms with Gasteiger partial charge in [-0.1, -0.05) is 0 Å². The Labute approximate surface area is 79.6 Å². The molecule has 0 amide bonds.